The Hall–Kier alpha value is -3.40. The fourth-order valence-electron chi connectivity index (χ4n) is 4.06. The Bertz CT molecular complexity index is 1120. The number of tetrazole rings is 1. The smallest absolute Gasteiger partial charge is 0.254 e. The molecule has 1 aliphatic rings. The molecule has 178 valence electrons. The molecule has 1 saturated heterocycles. The Balaban J connectivity index is 1.41. The molecular weight excluding hydrogens is 452 g/mol. The molecule has 3 aromatic rings. The number of thioether (sulfide) groups is 1. The summed E-state index contributed by atoms with van der Waals surface area (Å²) < 4.78 is 6.80. The van der Waals surface area contributed by atoms with Crippen LogP contribution in [-0.2, 0) is 11.8 Å². The number of hydrogen-bond donors (Lipinski definition) is 1. The van der Waals surface area contributed by atoms with E-state index in [9.17, 15) is 9.59 Å². The highest BCUT2D eigenvalue weighted by atomic mass is 32.2. The summed E-state index contributed by atoms with van der Waals surface area (Å²) >= 11 is 1.26. The zero-order valence-corrected chi connectivity index (χ0v) is 20.1. The largest absolute Gasteiger partial charge is 0.497 e. The van der Waals surface area contributed by atoms with Crippen molar-refractivity contribution in [3.8, 4) is 5.75 Å². The molecule has 1 N–H and O–H groups in total. The Morgan fingerprint density at radius 3 is 2.53 bits per heavy atom. The summed E-state index contributed by atoms with van der Waals surface area (Å²) in [6.45, 7) is 0.724. The van der Waals surface area contributed by atoms with E-state index in [0.29, 0.717) is 16.4 Å². The Labute approximate surface area is 202 Å². The molecule has 10 heteroatoms. The first kappa shape index (κ1) is 23.7. The number of likely N-dealkylation sites (tertiary alicyclic amines) is 1. The number of anilines is 1. The molecule has 0 saturated carbocycles. The van der Waals surface area contributed by atoms with Crippen molar-refractivity contribution in [1.82, 2.24) is 25.1 Å². The SMILES string of the molecule is COc1ccc(C2CCCCCN2C(=O)c2ccc(NC(=O)CSc3nnnn3C)cc2)cc1. The molecule has 4 rings (SSSR count). The minimum Gasteiger partial charge on any atom is -0.497 e. The molecule has 9 nitrogen and oxygen atoms in total. The van der Waals surface area contributed by atoms with Crippen molar-refractivity contribution < 1.29 is 14.3 Å². The predicted octanol–water partition coefficient (Wildman–Crippen LogP) is 3.71. The van der Waals surface area contributed by atoms with E-state index in [1.54, 1.807) is 38.4 Å². The number of carbonyl (C=O) groups excluding carboxylic acids is 2. The van der Waals surface area contributed by atoms with Crippen LogP contribution in [0.3, 0.4) is 0 Å². The zero-order valence-electron chi connectivity index (χ0n) is 19.3. The molecule has 2 aromatic carbocycles. The van der Waals surface area contributed by atoms with Crippen LogP contribution in [0.15, 0.2) is 53.7 Å². The van der Waals surface area contributed by atoms with E-state index in [1.807, 2.05) is 29.2 Å². The number of methoxy groups -OCH3 is 1. The van der Waals surface area contributed by atoms with Gasteiger partial charge in [-0.3, -0.25) is 9.59 Å². The van der Waals surface area contributed by atoms with Crippen LogP contribution in [0.2, 0.25) is 0 Å². The van der Waals surface area contributed by atoms with Crippen LogP contribution in [0.25, 0.3) is 0 Å². The molecule has 2 heterocycles. The number of aryl methyl sites for hydroxylation is 1. The van der Waals surface area contributed by atoms with Gasteiger partial charge in [-0.1, -0.05) is 36.7 Å². The van der Waals surface area contributed by atoms with Crippen LogP contribution in [0.1, 0.15) is 47.6 Å². The van der Waals surface area contributed by atoms with Crippen LogP contribution in [0, 0.1) is 0 Å². The van der Waals surface area contributed by atoms with Gasteiger partial charge in [0, 0.05) is 24.8 Å². The number of nitrogens with one attached hydrogen (secondary N) is 1. The maximum Gasteiger partial charge on any atom is 0.254 e. The lowest BCUT2D eigenvalue weighted by Crippen LogP contribution is -2.34. The first-order valence-corrected chi connectivity index (χ1v) is 12.2. The molecule has 0 aliphatic carbocycles. The lowest BCUT2D eigenvalue weighted by atomic mass is 10.00. The maximum absolute atomic E-state index is 13.4. The number of hydrogen-bond acceptors (Lipinski definition) is 7. The number of ether oxygens (including phenoxy) is 1. The number of rotatable bonds is 7. The molecule has 34 heavy (non-hydrogen) atoms. The van der Waals surface area contributed by atoms with Gasteiger partial charge >= 0.3 is 0 Å². The second-order valence-corrected chi connectivity index (χ2v) is 9.08. The summed E-state index contributed by atoms with van der Waals surface area (Å²) in [5, 5.41) is 14.6. The van der Waals surface area contributed by atoms with Gasteiger partial charge < -0.3 is 15.0 Å². The fourth-order valence-corrected chi connectivity index (χ4v) is 4.71. The average molecular weight is 481 g/mol. The standard InChI is InChI=1S/C24H28N6O3S/c1-29-24(26-27-28-29)34-16-22(31)25-19-11-7-18(8-12-19)23(32)30-15-5-3-4-6-21(30)17-9-13-20(33-2)14-10-17/h7-14,21H,3-6,15-16H2,1-2H3,(H,25,31). The van der Waals surface area contributed by atoms with Gasteiger partial charge in [-0.05, 0) is 65.2 Å². The molecular formula is C24H28N6O3S. The third-order valence-electron chi connectivity index (χ3n) is 5.84. The van der Waals surface area contributed by atoms with Crippen molar-refractivity contribution in [2.45, 2.75) is 36.9 Å². The summed E-state index contributed by atoms with van der Waals surface area (Å²) in [5.74, 6) is 0.830. The van der Waals surface area contributed by atoms with Crippen LogP contribution in [-0.4, -0.2) is 56.3 Å². The van der Waals surface area contributed by atoms with Crippen LogP contribution < -0.4 is 10.1 Å². The normalized spacial score (nSPS) is 16.1. The van der Waals surface area contributed by atoms with E-state index in [0.717, 1.165) is 43.5 Å². The number of benzene rings is 2. The van der Waals surface area contributed by atoms with Crippen molar-refractivity contribution in [2.75, 3.05) is 24.7 Å². The quantitative estimate of drug-likeness (QED) is 0.514. The molecule has 1 unspecified atom stereocenters. The Morgan fingerprint density at radius 2 is 1.85 bits per heavy atom. The molecule has 2 amide bonds. The predicted molar refractivity (Wildman–Crippen MR) is 130 cm³/mol. The molecule has 1 atom stereocenters. The van der Waals surface area contributed by atoms with E-state index >= 15 is 0 Å². The van der Waals surface area contributed by atoms with Crippen LogP contribution in [0.4, 0.5) is 5.69 Å². The topological polar surface area (TPSA) is 102 Å². The summed E-state index contributed by atoms with van der Waals surface area (Å²) in [7, 11) is 3.37. The van der Waals surface area contributed by atoms with Crippen molar-refractivity contribution in [1.29, 1.82) is 0 Å². The Morgan fingerprint density at radius 1 is 1.09 bits per heavy atom. The summed E-state index contributed by atoms with van der Waals surface area (Å²) in [6, 6.07) is 15.1. The second kappa shape index (κ2) is 11.1. The van der Waals surface area contributed by atoms with Gasteiger partial charge in [0.25, 0.3) is 5.91 Å². The third kappa shape index (κ3) is 5.74. The molecule has 1 aliphatic heterocycles. The minimum absolute atomic E-state index is 0.00549. The fraction of sp³-hybridized carbons (Fsp3) is 0.375. The van der Waals surface area contributed by atoms with Crippen molar-refractivity contribution in [3.05, 3.63) is 59.7 Å². The maximum atomic E-state index is 13.4. The Kier molecular flexibility index (Phi) is 7.79. The van der Waals surface area contributed by atoms with Gasteiger partial charge in [0.2, 0.25) is 11.1 Å². The molecule has 0 bridgehead atoms. The lowest BCUT2D eigenvalue weighted by molar-refractivity contribution is -0.113. The molecule has 0 radical (unpaired) electrons. The second-order valence-electron chi connectivity index (χ2n) is 8.14. The summed E-state index contributed by atoms with van der Waals surface area (Å²) in [6.07, 6.45) is 4.13. The van der Waals surface area contributed by atoms with E-state index in [1.165, 1.54) is 16.4 Å². The van der Waals surface area contributed by atoms with Gasteiger partial charge in [0.15, 0.2) is 0 Å². The monoisotopic (exact) mass is 480 g/mol. The molecule has 0 spiro atoms. The third-order valence-corrected chi connectivity index (χ3v) is 6.85. The van der Waals surface area contributed by atoms with Gasteiger partial charge in [0.1, 0.15) is 5.75 Å². The first-order chi connectivity index (χ1) is 16.5. The first-order valence-electron chi connectivity index (χ1n) is 11.2. The van der Waals surface area contributed by atoms with Crippen molar-refractivity contribution in [3.63, 3.8) is 0 Å². The molecule has 1 fully saturated rings. The highest BCUT2D eigenvalue weighted by Crippen LogP contribution is 2.32. The highest BCUT2D eigenvalue weighted by molar-refractivity contribution is 7.99. The minimum atomic E-state index is -0.167. The number of amides is 2. The van der Waals surface area contributed by atoms with Gasteiger partial charge in [-0.2, -0.15) is 0 Å². The number of aromatic nitrogens is 4. The number of nitrogens with zero attached hydrogens (tertiary/aromatic N) is 5. The van der Waals surface area contributed by atoms with E-state index in [2.05, 4.69) is 20.8 Å². The number of carbonyl (C=O) groups is 2. The highest BCUT2D eigenvalue weighted by Gasteiger charge is 2.27. The lowest BCUT2D eigenvalue weighted by Gasteiger charge is -2.31. The summed E-state index contributed by atoms with van der Waals surface area (Å²) in [5.41, 5.74) is 2.37. The van der Waals surface area contributed by atoms with Crippen molar-refractivity contribution >= 4 is 29.3 Å². The van der Waals surface area contributed by atoms with Crippen LogP contribution in [0.5, 0.6) is 5.75 Å². The van der Waals surface area contributed by atoms with E-state index < -0.39 is 0 Å². The van der Waals surface area contributed by atoms with Gasteiger partial charge in [-0.25, -0.2) is 4.68 Å². The molecule has 1 aromatic heterocycles. The average Bonchev–Trinajstić information content (AvgIpc) is 3.12. The van der Waals surface area contributed by atoms with Crippen LogP contribution >= 0.6 is 11.8 Å². The summed E-state index contributed by atoms with van der Waals surface area (Å²) in [4.78, 5) is 27.7. The van der Waals surface area contributed by atoms with Crippen molar-refractivity contribution in [2.24, 2.45) is 7.05 Å². The van der Waals surface area contributed by atoms with E-state index in [4.69, 9.17) is 4.74 Å². The zero-order chi connectivity index (χ0) is 23.9. The van der Waals surface area contributed by atoms with Gasteiger partial charge in [0.05, 0.1) is 18.9 Å². The van der Waals surface area contributed by atoms with E-state index in [-0.39, 0.29) is 23.6 Å². The van der Waals surface area contributed by atoms with Gasteiger partial charge in [-0.15, -0.1) is 5.10 Å².